The maximum Gasteiger partial charge on any atom is 0.273 e. The van der Waals surface area contributed by atoms with Gasteiger partial charge < -0.3 is 15.3 Å². The smallest absolute Gasteiger partial charge is 0.273 e. The number of aromatic nitrogens is 2. The Kier molecular flexibility index (Phi) is 6.27. The first-order valence-electron chi connectivity index (χ1n) is 11.8. The minimum atomic E-state index is -3.33. The molecule has 0 spiro atoms. The van der Waals surface area contributed by atoms with Crippen molar-refractivity contribution in [1.82, 2.24) is 14.9 Å². The van der Waals surface area contributed by atoms with E-state index in [0.29, 0.717) is 16.8 Å². The number of benzene rings is 1. The van der Waals surface area contributed by atoms with E-state index in [2.05, 4.69) is 20.3 Å². The van der Waals surface area contributed by atoms with E-state index in [0.717, 1.165) is 11.8 Å². The second-order valence-electron chi connectivity index (χ2n) is 9.76. The average molecular weight is 520 g/mol. The Hall–Kier alpha value is -2.99. The molecule has 0 radical (unpaired) electrons. The van der Waals surface area contributed by atoms with Crippen LogP contribution in [0.25, 0.3) is 0 Å². The van der Waals surface area contributed by atoms with Crippen molar-refractivity contribution in [2.45, 2.75) is 62.3 Å². The SMILES string of the molecule is Cc1ccc(F)cc1[C@H]1C[C@H](F)CN1C(=O)C1=NCc2ncnc(N[C@@H]3C[C@@H](S(C)(=O)=O)C[C@H]3O)c21. The monoisotopic (exact) mass is 519 g/mol. The molecule has 2 aromatic rings. The van der Waals surface area contributed by atoms with Gasteiger partial charge in [0.2, 0.25) is 0 Å². The molecule has 1 saturated carbocycles. The maximum absolute atomic E-state index is 14.6. The van der Waals surface area contributed by atoms with Crippen LogP contribution >= 0.6 is 0 Å². The quantitative estimate of drug-likeness (QED) is 0.618. The third-order valence-electron chi connectivity index (χ3n) is 7.28. The summed E-state index contributed by atoms with van der Waals surface area (Å²) in [5.74, 6) is -0.713. The number of aryl methyl sites for hydroxylation is 1. The third kappa shape index (κ3) is 4.47. The van der Waals surface area contributed by atoms with E-state index < -0.39 is 51.2 Å². The number of hydrogen-bond acceptors (Lipinski definition) is 8. The van der Waals surface area contributed by atoms with Gasteiger partial charge in [0.15, 0.2) is 0 Å². The molecule has 3 heterocycles. The van der Waals surface area contributed by atoms with Crippen molar-refractivity contribution in [3.63, 3.8) is 0 Å². The van der Waals surface area contributed by atoms with Gasteiger partial charge in [0.1, 0.15) is 39.7 Å². The van der Waals surface area contributed by atoms with Crippen LogP contribution in [0.4, 0.5) is 14.6 Å². The molecular formula is C24H27F2N5O4S. The number of halogens is 2. The first-order chi connectivity index (χ1) is 17.0. The Bertz CT molecular complexity index is 1350. The number of aliphatic hydroxyl groups excluding tert-OH is 1. The molecule has 12 heteroatoms. The Labute approximate surface area is 207 Å². The van der Waals surface area contributed by atoms with E-state index in [-0.39, 0.29) is 43.9 Å². The van der Waals surface area contributed by atoms with Crippen LogP contribution in [0.2, 0.25) is 0 Å². The molecule has 9 nitrogen and oxygen atoms in total. The number of sulfone groups is 1. The van der Waals surface area contributed by atoms with Gasteiger partial charge >= 0.3 is 0 Å². The molecule has 0 unspecified atom stereocenters. The molecule has 2 N–H and O–H groups in total. The minimum absolute atomic E-state index is 0.0493. The van der Waals surface area contributed by atoms with Crippen LogP contribution in [-0.4, -0.2) is 76.4 Å². The maximum atomic E-state index is 14.6. The van der Waals surface area contributed by atoms with Gasteiger partial charge in [-0.25, -0.2) is 27.2 Å². The number of amides is 1. The van der Waals surface area contributed by atoms with Crippen LogP contribution in [0.1, 0.15) is 47.7 Å². The third-order valence-corrected chi connectivity index (χ3v) is 8.87. The van der Waals surface area contributed by atoms with Crippen molar-refractivity contribution >= 4 is 27.3 Å². The molecule has 1 aromatic carbocycles. The lowest BCUT2D eigenvalue weighted by Crippen LogP contribution is -2.38. The second-order valence-corrected chi connectivity index (χ2v) is 12.1. The van der Waals surface area contributed by atoms with Gasteiger partial charge in [0.05, 0.1) is 47.8 Å². The van der Waals surface area contributed by atoms with Crippen molar-refractivity contribution in [3.8, 4) is 0 Å². The lowest BCUT2D eigenvalue weighted by molar-refractivity contribution is -0.125. The summed E-state index contributed by atoms with van der Waals surface area (Å²) in [5.41, 5.74) is 2.22. The number of aliphatic hydroxyl groups is 1. The Morgan fingerprint density at radius 3 is 2.72 bits per heavy atom. The van der Waals surface area contributed by atoms with Crippen molar-refractivity contribution in [2.75, 3.05) is 18.1 Å². The van der Waals surface area contributed by atoms with Crippen LogP contribution in [0.3, 0.4) is 0 Å². The van der Waals surface area contributed by atoms with E-state index in [1.165, 1.54) is 23.4 Å². The van der Waals surface area contributed by atoms with E-state index >= 15 is 0 Å². The van der Waals surface area contributed by atoms with Crippen LogP contribution in [0.15, 0.2) is 29.5 Å². The van der Waals surface area contributed by atoms with Crippen LogP contribution in [0, 0.1) is 12.7 Å². The van der Waals surface area contributed by atoms with Gasteiger partial charge in [-0.15, -0.1) is 0 Å². The van der Waals surface area contributed by atoms with Gasteiger partial charge in [-0.3, -0.25) is 9.79 Å². The fraction of sp³-hybridized carbons (Fsp3) is 0.500. The molecule has 0 bridgehead atoms. The van der Waals surface area contributed by atoms with Crippen LogP contribution in [0.5, 0.6) is 0 Å². The second kappa shape index (κ2) is 9.15. The van der Waals surface area contributed by atoms with Crippen molar-refractivity contribution in [2.24, 2.45) is 4.99 Å². The van der Waals surface area contributed by atoms with Gasteiger partial charge in [-0.2, -0.15) is 0 Å². The molecule has 2 fully saturated rings. The molecule has 1 amide bonds. The molecule has 1 aromatic heterocycles. The number of carbonyl (C=O) groups is 1. The van der Waals surface area contributed by atoms with Crippen molar-refractivity contribution in [1.29, 1.82) is 0 Å². The summed E-state index contributed by atoms with van der Waals surface area (Å²) in [6.07, 6.45) is 0.608. The molecule has 36 heavy (non-hydrogen) atoms. The molecule has 5 rings (SSSR count). The number of nitrogens with one attached hydrogen (secondary N) is 1. The number of rotatable bonds is 5. The zero-order chi connectivity index (χ0) is 25.8. The standard InChI is InChI=1S/C24H27F2N5O4S/c1-12-3-4-13(25)5-16(12)19-6-14(26)10-31(19)24(33)22-21-18(9-27-22)28-11-29-23(21)30-17-7-15(8-20(17)32)36(2,34)35/h3-5,11,14-15,17,19-20,32H,6-10H2,1-2H3,(H,28,29,30)/t14-,15+,17+,19+,20+/m0/s1. The molecule has 1 saturated heterocycles. The number of nitrogens with zero attached hydrogens (tertiary/aromatic N) is 4. The Morgan fingerprint density at radius 2 is 2.00 bits per heavy atom. The van der Waals surface area contributed by atoms with Gasteiger partial charge in [0, 0.05) is 12.7 Å². The zero-order valence-corrected chi connectivity index (χ0v) is 20.7. The summed E-state index contributed by atoms with van der Waals surface area (Å²) in [7, 11) is -3.33. The van der Waals surface area contributed by atoms with Crippen molar-refractivity contribution in [3.05, 3.63) is 52.7 Å². The van der Waals surface area contributed by atoms with Gasteiger partial charge in [-0.05, 0) is 43.0 Å². The Morgan fingerprint density at radius 1 is 1.22 bits per heavy atom. The number of carbonyl (C=O) groups excluding carboxylic acids is 1. The summed E-state index contributed by atoms with van der Waals surface area (Å²) in [6.45, 7) is 1.77. The fourth-order valence-corrected chi connectivity index (χ4v) is 6.47. The molecule has 3 aliphatic rings. The number of anilines is 1. The minimum Gasteiger partial charge on any atom is -0.391 e. The summed E-state index contributed by atoms with van der Waals surface area (Å²) in [5, 5.41) is 12.9. The molecular weight excluding hydrogens is 492 g/mol. The predicted molar refractivity (Wildman–Crippen MR) is 129 cm³/mol. The number of aliphatic imine (C=N–C) groups is 1. The van der Waals surface area contributed by atoms with Crippen molar-refractivity contribution < 1.29 is 27.1 Å². The topological polar surface area (TPSA) is 125 Å². The van der Waals surface area contributed by atoms with E-state index in [1.54, 1.807) is 13.0 Å². The highest BCUT2D eigenvalue weighted by Crippen LogP contribution is 2.37. The highest BCUT2D eigenvalue weighted by molar-refractivity contribution is 7.91. The lowest BCUT2D eigenvalue weighted by Gasteiger charge is -2.26. The highest BCUT2D eigenvalue weighted by atomic mass is 32.2. The molecule has 1 aliphatic carbocycles. The summed E-state index contributed by atoms with van der Waals surface area (Å²) >= 11 is 0. The first kappa shape index (κ1) is 24.7. The van der Waals surface area contributed by atoms with E-state index in [1.807, 2.05) is 0 Å². The normalized spacial score (nSPS) is 27.8. The van der Waals surface area contributed by atoms with Crippen LogP contribution in [-0.2, 0) is 21.2 Å². The number of hydrogen-bond donors (Lipinski definition) is 2. The van der Waals surface area contributed by atoms with E-state index in [9.17, 15) is 27.1 Å². The van der Waals surface area contributed by atoms with Gasteiger partial charge in [0.25, 0.3) is 5.91 Å². The number of alkyl halides is 1. The van der Waals surface area contributed by atoms with E-state index in [4.69, 9.17) is 0 Å². The summed E-state index contributed by atoms with van der Waals surface area (Å²) in [4.78, 5) is 27.9. The molecule has 5 atom stereocenters. The molecule has 192 valence electrons. The largest absolute Gasteiger partial charge is 0.391 e. The highest BCUT2D eigenvalue weighted by Gasteiger charge is 2.42. The zero-order valence-electron chi connectivity index (χ0n) is 19.9. The average Bonchev–Trinajstić information content (AvgIpc) is 3.52. The predicted octanol–water partition coefficient (Wildman–Crippen LogP) is 1.89. The van der Waals surface area contributed by atoms with Crippen LogP contribution < -0.4 is 5.32 Å². The first-order valence-corrected chi connectivity index (χ1v) is 13.7. The Balaban J connectivity index is 1.43. The summed E-state index contributed by atoms with van der Waals surface area (Å²) in [6, 6.07) is 3.02. The fourth-order valence-electron chi connectivity index (χ4n) is 5.37. The molecule has 2 aliphatic heterocycles. The lowest BCUT2D eigenvalue weighted by atomic mass is 9.98. The number of fused-ring (bicyclic) bond motifs is 1. The summed E-state index contributed by atoms with van der Waals surface area (Å²) < 4.78 is 52.5. The number of likely N-dealkylation sites (tertiary alicyclic amines) is 1. The van der Waals surface area contributed by atoms with Gasteiger partial charge in [-0.1, -0.05) is 6.07 Å².